The lowest BCUT2D eigenvalue weighted by molar-refractivity contribution is 0.240. The molecule has 2 aromatic heterocycles. The van der Waals surface area contributed by atoms with Crippen LogP contribution < -0.4 is 4.90 Å². The van der Waals surface area contributed by atoms with Crippen LogP contribution in [0.4, 0.5) is 5.69 Å². The molecule has 6 nitrogen and oxygen atoms in total. The fourth-order valence-corrected chi connectivity index (χ4v) is 4.14. The molecule has 0 amide bonds. The molecule has 1 aliphatic heterocycles. The van der Waals surface area contributed by atoms with Crippen LogP contribution in [-0.2, 0) is 13.0 Å². The lowest BCUT2D eigenvalue weighted by Gasteiger charge is -2.36. The van der Waals surface area contributed by atoms with Crippen molar-refractivity contribution in [3.63, 3.8) is 0 Å². The summed E-state index contributed by atoms with van der Waals surface area (Å²) in [5.74, 6) is 1.46. The van der Waals surface area contributed by atoms with Crippen LogP contribution >= 0.6 is 27.5 Å². The van der Waals surface area contributed by atoms with Crippen LogP contribution in [0.15, 0.2) is 33.4 Å². The number of fused-ring (bicyclic) bond motifs is 1. The number of hydrogen-bond donors (Lipinski definition) is 0. The van der Waals surface area contributed by atoms with Crippen LogP contribution in [0.2, 0.25) is 5.02 Å². The first-order chi connectivity index (χ1) is 12.6. The summed E-state index contributed by atoms with van der Waals surface area (Å²) in [6.45, 7) is 6.50. The molecule has 8 heteroatoms. The van der Waals surface area contributed by atoms with E-state index in [0.717, 1.165) is 60.3 Å². The highest BCUT2D eigenvalue weighted by atomic mass is 79.9. The molecular formula is C18H19BrClN5O. The fourth-order valence-electron chi connectivity index (χ4n) is 3.29. The summed E-state index contributed by atoms with van der Waals surface area (Å²) in [7, 11) is 0. The number of anilines is 1. The number of rotatable bonds is 4. The standard InChI is InChI=1S/C18H19BrClN5O/c1-2-17-22-16(23-26-17)11-24-5-7-25(8-6-24)15-3-4-21-18-13(15)9-12(19)10-14(18)20/h3-4,9-10H,2,5-8,11H2,1H3. The molecule has 0 aliphatic carbocycles. The largest absolute Gasteiger partial charge is 0.368 e. The van der Waals surface area contributed by atoms with Gasteiger partial charge < -0.3 is 9.42 Å². The van der Waals surface area contributed by atoms with Gasteiger partial charge in [-0.2, -0.15) is 4.98 Å². The summed E-state index contributed by atoms with van der Waals surface area (Å²) in [6, 6.07) is 6.03. The van der Waals surface area contributed by atoms with Crippen LogP contribution in [0.25, 0.3) is 10.9 Å². The molecule has 1 aromatic carbocycles. The normalized spacial score (nSPS) is 15.7. The van der Waals surface area contributed by atoms with Crippen LogP contribution in [-0.4, -0.2) is 46.2 Å². The Balaban J connectivity index is 1.49. The zero-order chi connectivity index (χ0) is 18.1. The molecule has 1 saturated heterocycles. The quantitative estimate of drug-likeness (QED) is 0.618. The molecule has 1 aliphatic rings. The van der Waals surface area contributed by atoms with E-state index in [1.165, 1.54) is 5.69 Å². The Labute approximate surface area is 165 Å². The zero-order valence-corrected chi connectivity index (χ0v) is 16.8. The molecule has 0 atom stereocenters. The number of piperazine rings is 1. The third-order valence-corrected chi connectivity index (χ3v) is 5.38. The maximum atomic E-state index is 6.36. The lowest BCUT2D eigenvalue weighted by atomic mass is 10.1. The topological polar surface area (TPSA) is 58.3 Å². The van der Waals surface area contributed by atoms with Crippen LogP contribution in [0.5, 0.6) is 0 Å². The maximum Gasteiger partial charge on any atom is 0.226 e. The van der Waals surface area contributed by atoms with Gasteiger partial charge in [-0.1, -0.05) is 39.6 Å². The van der Waals surface area contributed by atoms with Crippen molar-refractivity contribution in [2.45, 2.75) is 19.9 Å². The lowest BCUT2D eigenvalue weighted by Crippen LogP contribution is -2.46. The first-order valence-electron chi connectivity index (χ1n) is 8.66. The third-order valence-electron chi connectivity index (χ3n) is 4.63. The Morgan fingerprint density at radius 3 is 2.77 bits per heavy atom. The van der Waals surface area contributed by atoms with Crippen molar-refractivity contribution in [1.82, 2.24) is 20.0 Å². The number of aromatic nitrogens is 3. The van der Waals surface area contributed by atoms with Gasteiger partial charge in [0.05, 0.1) is 17.1 Å². The van der Waals surface area contributed by atoms with E-state index in [4.69, 9.17) is 16.1 Å². The first kappa shape index (κ1) is 17.7. The van der Waals surface area contributed by atoms with Gasteiger partial charge in [0.25, 0.3) is 0 Å². The first-order valence-corrected chi connectivity index (χ1v) is 9.83. The van der Waals surface area contributed by atoms with E-state index in [1.54, 1.807) is 0 Å². The molecule has 0 spiro atoms. The van der Waals surface area contributed by atoms with Gasteiger partial charge >= 0.3 is 0 Å². The molecule has 1 fully saturated rings. The van der Waals surface area contributed by atoms with Gasteiger partial charge in [0.15, 0.2) is 5.82 Å². The molecule has 0 N–H and O–H groups in total. The monoisotopic (exact) mass is 435 g/mol. The maximum absolute atomic E-state index is 6.36. The summed E-state index contributed by atoms with van der Waals surface area (Å²) in [4.78, 5) is 13.6. The van der Waals surface area contributed by atoms with Gasteiger partial charge in [0.1, 0.15) is 0 Å². The average Bonchev–Trinajstić information content (AvgIpc) is 3.09. The van der Waals surface area contributed by atoms with E-state index >= 15 is 0 Å². The Hall–Kier alpha value is -1.70. The van der Waals surface area contributed by atoms with E-state index in [0.29, 0.717) is 10.9 Å². The van der Waals surface area contributed by atoms with Crippen molar-refractivity contribution in [2.24, 2.45) is 0 Å². The van der Waals surface area contributed by atoms with Gasteiger partial charge in [-0.05, 0) is 18.2 Å². The van der Waals surface area contributed by atoms with Gasteiger partial charge in [-0.15, -0.1) is 0 Å². The number of hydrogen-bond acceptors (Lipinski definition) is 6. The molecule has 3 heterocycles. The number of pyridine rings is 1. The Kier molecular flexibility index (Phi) is 5.11. The Morgan fingerprint density at radius 2 is 2.04 bits per heavy atom. The Bertz CT molecular complexity index is 923. The van der Waals surface area contributed by atoms with Crippen molar-refractivity contribution in [1.29, 1.82) is 0 Å². The predicted octanol–water partition coefficient (Wildman–Crippen LogP) is 3.92. The van der Waals surface area contributed by atoms with Gasteiger partial charge in [-0.25, -0.2) is 0 Å². The number of halogens is 2. The highest BCUT2D eigenvalue weighted by molar-refractivity contribution is 9.10. The summed E-state index contributed by atoms with van der Waals surface area (Å²) in [5, 5.41) is 5.79. The summed E-state index contributed by atoms with van der Waals surface area (Å²) >= 11 is 9.89. The van der Waals surface area contributed by atoms with Crippen LogP contribution in [0, 0.1) is 0 Å². The molecule has 26 heavy (non-hydrogen) atoms. The smallest absolute Gasteiger partial charge is 0.226 e. The van der Waals surface area contributed by atoms with Crippen molar-refractivity contribution >= 4 is 44.1 Å². The van der Waals surface area contributed by atoms with Crippen molar-refractivity contribution < 1.29 is 4.52 Å². The summed E-state index contributed by atoms with van der Waals surface area (Å²) in [5.41, 5.74) is 2.01. The van der Waals surface area contributed by atoms with E-state index in [2.05, 4.69) is 53.0 Å². The summed E-state index contributed by atoms with van der Waals surface area (Å²) < 4.78 is 6.16. The second-order valence-corrected chi connectivity index (χ2v) is 7.66. The number of aryl methyl sites for hydroxylation is 1. The van der Waals surface area contributed by atoms with Crippen molar-refractivity contribution in [3.05, 3.63) is 45.6 Å². The average molecular weight is 437 g/mol. The Morgan fingerprint density at radius 1 is 1.23 bits per heavy atom. The molecule has 4 rings (SSSR count). The minimum absolute atomic E-state index is 0.665. The van der Waals surface area contributed by atoms with Crippen LogP contribution in [0.3, 0.4) is 0 Å². The minimum atomic E-state index is 0.665. The van der Waals surface area contributed by atoms with E-state index in [9.17, 15) is 0 Å². The molecule has 0 unspecified atom stereocenters. The predicted molar refractivity (Wildman–Crippen MR) is 106 cm³/mol. The van der Waals surface area contributed by atoms with Crippen molar-refractivity contribution in [3.8, 4) is 0 Å². The minimum Gasteiger partial charge on any atom is -0.368 e. The zero-order valence-electron chi connectivity index (χ0n) is 14.5. The second-order valence-electron chi connectivity index (χ2n) is 6.33. The van der Waals surface area contributed by atoms with E-state index in [1.807, 2.05) is 19.2 Å². The van der Waals surface area contributed by atoms with Crippen LogP contribution in [0.1, 0.15) is 18.6 Å². The highest BCUT2D eigenvalue weighted by Gasteiger charge is 2.21. The molecular weight excluding hydrogens is 418 g/mol. The molecule has 0 bridgehead atoms. The SMILES string of the molecule is CCc1nc(CN2CCN(c3ccnc4c(Cl)cc(Br)cc34)CC2)no1. The number of nitrogens with zero attached hydrogens (tertiary/aromatic N) is 5. The number of benzene rings is 1. The van der Waals surface area contributed by atoms with Gasteiger partial charge in [0.2, 0.25) is 5.89 Å². The third kappa shape index (κ3) is 3.56. The molecule has 3 aromatic rings. The van der Waals surface area contributed by atoms with E-state index < -0.39 is 0 Å². The molecule has 0 saturated carbocycles. The van der Waals surface area contributed by atoms with E-state index in [-0.39, 0.29) is 0 Å². The van der Waals surface area contributed by atoms with Gasteiger partial charge in [-0.3, -0.25) is 9.88 Å². The van der Waals surface area contributed by atoms with Crippen molar-refractivity contribution in [2.75, 3.05) is 31.1 Å². The molecule has 136 valence electrons. The fraction of sp³-hybridized carbons (Fsp3) is 0.389. The second kappa shape index (κ2) is 7.50. The summed E-state index contributed by atoms with van der Waals surface area (Å²) in [6.07, 6.45) is 2.60. The highest BCUT2D eigenvalue weighted by Crippen LogP contribution is 2.33. The van der Waals surface area contributed by atoms with Gasteiger partial charge in [0, 0.05) is 54.3 Å². The molecule has 0 radical (unpaired) electrons.